The van der Waals surface area contributed by atoms with E-state index in [2.05, 4.69) is 89.0 Å². The largest absolute Gasteiger partial charge is 0.379 e. The molecule has 464 valence electrons. The third kappa shape index (κ3) is 40.4. The molecule has 1 aliphatic heterocycles. The SMILES string of the molecule is CCCCCC(=O)Nc1ccc(C#CC#N)cc1.CCCCCCCCCCCCC#CC#CCCCCCCCCC(=O)NCCCOCCOCCOCCCNC(=O)c1ccc(C#CC#N)cc1.N#CC#Cc1cccc(N2C(=O)C=CC2=O)c1. The van der Waals surface area contributed by atoms with E-state index in [1.807, 2.05) is 0 Å². The predicted molar refractivity (Wildman–Crippen MR) is 347 cm³/mol. The van der Waals surface area contributed by atoms with Crippen LogP contribution in [0.15, 0.2) is 84.9 Å². The van der Waals surface area contributed by atoms with Gasteiger partial charge in [-0.15, -0.1) is 0 Å². The number of ether oxygens (including phenoxy) is 3. The Morgan fingerprint density at radius 3 is 1.41 bits per heavy atom. The van der Waals surface area contributed by atoms with Crippen LogP contribution in [0.5, 0.6) is 0 Å². The number of hydrogen-bond acceptors (Lipinski definition) is 11. The standard InChI is InChI=1S/C45H67N3O5.C15H16N2O.C13H6N2O2/c1-2-3-4-5-6-7-8-9-10-11-12-13-14-15-16-17-18-19-20-21-22-23-28-44(49)47-34-25-36-51-38-40-53-41-39-52-37-26-35-48-45(50)43-31-29-42(30-32-43)27-24-33-46;1-2-3-4-7-15(18)17-14-10-8-13(9-11-14)6-5-12-16;14-8-2-4-10-3-1-5-11(9-10)15-12(16)6-7-13(15)17/h29-32H,2-12,17-23,25-26,28,34-41H2,1H3,(H,47,49)(H,48,50);8-11H,2-4,7H2,1H3,(H,17,18);1,3,5-7,9H. The van der Waals surface area contributed by atoms with E-state index in [1.165, 1.54) is 95.6 Å². The van der Waals surface area contributed by atoms with Crippen molar-refractivity contribution in [1.82, 2.24) is 10.6 Å². The average Bonchev–Trinajstić information content (AvgIpc) is 4.08. The van der Waals surface area contributed by atoms with Crippen LogP contribution in [0.1, 0.15) is 201 Å². The molecule has 0 radical (unpaired) electrons. The molecule has 15 nitrogen and oxygen atoms in total. The first kappa shape index (κ1) is 75.2. The van der Waals surface area contributed by atoms with E-state index in [4.69, 9.17) is 30.0 Å². The molecule has 0 saturated heterocycles. The van der Waals surface area contributed by atoms with Gasteiger partial charge in [-0.2, -0.15) is 15.8 Å². The quantitative estimate of drug-likeness (QED) is 0.0277. The maximum atomic E-state index is 12.2. The summed E-state index contributed by atoms with van der Waals surface area (Å²) >= 11 is 0. The Bertz CT molecular complexity index is 3000. The van der Waals surface area contributed by atoms with Gasteiger partial charge in [-0.25, -0.2) is 4.90 Å². The molecule has 1 heterocycles. The van der Waals surface area contributed by atoms with Crippen LogP contribution in [0.2, 0.25) is 0 Å². The van der Waals surface area contributed by atoms with Gasteiger partial charge in [0.05, 0.1) is 32.1 Å². The molecule has 88 heavy (non-hydrogen) atoms. The van der Waals surface area contributed by atoms with Crippen LogP contribution in [0, 0.1) is 93.2 Å². The second-order valence-corrected chi connectivity index (χ2v) is 20.4. The zero-order valence-corrected chi connectivity index (χ0v) is 52.0. The van der Waals surface area contributed by atoms with Gasteiger partial charge in [-0.05, 0) is 117 Å². The highest BCUT2D eigenvalue weighted by molar-refractivity contribution is 6.28. The molecule has 0 aliphatic carbocycles. The van der Waals surface area contributed by atoms with Crippen molar-refractivity contribution in [3.8, 4) is 77.4 Å². The molecule has 0 spiro atoms. The van der Waals surface area contributed by atoms with Crippen molar-refractivity contribution >= 4 is 40.9 Å². The van der Waals surface area contributed by atoms with Crippen LogP contribution >= 0.6 is 0 Å². The lowest BCUT2D eigenvalue weighted by molar-refractivity contribution is -0.121. The monoisotopic (exact) mass is 1190 g/mol. The van der Waals surface area contributed by atoms with Gasteiger partial charge in [0.1, 0.15) is 0 Å². The topological polar surface area (TPSA) is 224 Å². The summed E-state index contributed by atoms with van der Waals surface area (Å²) in [6, 6.07) is 25.8. The molecule has 0 aromatic heterocycles. The maximum Gasteiger partial charge on any atom is 0.258 e. The third-order valence-corrected chi connectivity index (χ3v) is 13.2. The number of imide groups is 1. The molecule has 3 aromatic carbocycles. The summed E-state index contributed by atoms with van der Waals surface area (Å²) < 4.78 is 16.6. The minimum atomic E-state index is -0.375. The number of carbonyl (C=O) groups is 5. The smallest absolute Gasteiger partial charge is 0.258 e. The lowest BCUT2D eigenvalue weighted by atomic mass is 10.1. The lowest BCUT2D eigenvalue weighted by Crippen LogP contribution is -2.29. The summed E-state index contributed by atoms with van der Waals surface area (Å²) in [5, 5.41) is 33.8. The summed E-state index contributed by atoms with van der Waals surface area (Å²) in [7, 11) is 0. The molecular formula is C73H89N7O8. The fourth-order valence-electron chi connectivity index (χ4n) is 8.41. The highest BCUT2D eigenvalue weighted by Gasteiger charge is 2.25. The van der Waals surface area contributed by atoms with E-state index in [-0.39, 0.29) is 29.5 Å². The Morgan fingerprint density at radius 1 is 0.455 bits per heavy atom. The van der Waals surface area contributed by atoms with E-state index < -0.39 is 0 Å². The highest BCUT2D eigenvalue weighted by Crippen LogP contribution is 2.20. The molecule has 1 aliphatic rings. The zero-order valence-electron chi connectivity index (χ0n) is 52.0. The molecule has 3 N–H and O–H groups in total. The predicted octanol–water partition coefficient (Wildman–Crippen LogP) is 12.7. The molecule has 0 unspecified atom stereocenters. The van der Waals surface area contributed by atoms with Gasteiger partial charge in [-0.1, -0.05) is 146 Å². The van der Waals surface area contributed by atoms with Crippen LogP contribution in [0.3, 0.4) is 0 Å². The fourth-order valence-corrected chi connectivity index (χ4v) is 8.41. The average molecular weight is 1190 g/mol. The van der Waals surface area contributed by atoms with Gasteiger partial charge in [0.2, 0.25) is 11.8 Å². The molecule has 0 bridgehead atoms. The normalized spacial score (nSPS) is 10.5. The van der Waals surface area contributed by atoms with Crippen molar-refractivity contribution in [3.63, 3.8) is 0 Å². The van der Waals surface area contributed by atoms with Crippen LogP contribution in [-0.4, -0.2) is 82.3 Å². The number of nitriles is 3. The highest BCUT2D eigenvalue weighted by atomic mass is 16.5. The third-order valence-electron chi connectivity index (χ3n) is 13.2. The van der Waals surface area contributed by atoms with E-state index in [0.29, 0.717) is 94.4 Å². The number of unbranched alkanes of at least 4 members (excludes halogenated alkanes) is 18. The number of carbonyl (C=O) groups excluding carboxylic acids is 5. The van der Waals surface area contributed by atoms with Crippen molar-refractivity contribution in [2.75, 3.05) is 62.9 Å². The number of nitrogens with zero attached hydrogens (tertiary/aromatic N) is 4. The van der Waals surface area contributed by atoms with E-state index in [1.54, 1.807) is 91.0 Å². The van der Waals surface area contributed by atoms with Crippen molar-refractivity contribution < 1.29 is 38.2 Å². The van der Waals surface area contributed by atoms with Gasteiger partial charge in [0, 0.05) is 110 Å². The summed E-state index contributed by atoms with van der Waals surface area (Å²) in [5.41, 5.74) is 3.80. The Balaban J connectivity index is 0.000000601. The molecule has 0 atom stereocenters. The van der Waals surface area contributed by atoms with Crippen molar-refractivity contribution in [1.29, 1.82) is 15.8 Å². The number of nitrogens with one attached hydrogen (secondary N) is 3. The first-order valence-corrected chi connectivity index (χ1v) is 31.3. The van der Waals surface area contributed by atoms with Gasteiger partial charge >= 0.3 is 0 Å². The minimum Gasteiger partial charge on any atom is -0.379 e. The minimum absolute atomic E-state index is 0.0410. The number of amides is 5. The van der Waals surface area contributed by atoms with Crippen LogP contribution < -0.4 is 20.9 Å². The van der Waals surface area contributed by atoms with E-state index in [9.17, 15) is 24.0 Å². The van der Waals surface area contributed by atoms with Crippen LogP contribution in [0.25, 0.3) is 0 Å². The second kappa shape index (κ2) is 53.6. The van der Waals surface area contributed by atoms with Gasteiger partial charge in [0.25, 0.3) is 17.7 Å². The molecule has 15 heteroatoms. The summed E-state index contributed by atoms with van der Waals surface area (Å²) in [5.74, 6) is 26.6. The number of benzene rings is 3. The molecule has 0 fully saturated rings. The van der Waals surface area contributed by atoms with Gasteiger partial charge < -0.3 is 30.2 Å². The maximum absolute atomic E-state index is 12.2. The summed E-state index contributed by atoms with van der Waals surface area (Å²) in [6.07, 6.45) is 30.4. The first-order valence-electron chi connectivity index (χ1n) is 31.3. The molecule has 3 aromatic rings. The zero-order chi connectivity index (χ0) is 63.6. The molecule has 5 amide bonds. The first-order chi connectivity index (χ1) is 43.1. The number of hydrogen-bond donors (Lipinski definition) is 3. The van der Waals surface area contributed by atoms with Crippen molar-refractivity contribution in [2.45, 2.75) is 174 Å². The molecular weight excluding hydrogens is 1100 g/mol. The Labute approximate surface area is 525 Å². The van der Waals surface area contributed by atoms with Gasteiger partial charge in [-0.3, -0.25) is 24.0 Å². The Morgan fingerprint density at radius 2 is 0.886 bits per heavy atom. The number of anilines is 2. The van der Waals surface area contributed by atoms with Crippen molar-refractivity contribution in [3.05, 3.63) is 107 Å². The van der Waals surface area contributed by atoms with Gasteiger partial charge in [0.15, 0.2) is 18.2 Å². The Hall–Kier alpha value is -8.90. The lowest BCUT2D eigenvalue weighted by Gasteiger charge is -2.13. The fraction of sp³-hybridized carbons (Fsp3) is 0.479. The van der Waals surface area contributed by atoms with Crippen LogP contribution in [0.4, 0.5) is 11.4 Å². The van der Waals surface area contributed by atoms with Crippen LogP contribution in [-0.2, 0) is 33.4 Å². The summed E-state index contributed by atoms with van der Waals surface area (Å²) in [4.78, 5) is 59.7. The van der Waals surface area contributed by atoms with Crippen molar-refractivity contribution in [2.24, 2.45) is 0 Å². The van der Waals surface area contributed by atoms with E-state index in [0.717, 1.165) is 73.9 Å². The molecule has 0 saturated carbocycles. The van der Waals surface area contributed by atoms with E-state index >= 15 is 0 Å². The number of rotatable bonds is 39. The second-order valence-electron chi connectivity index (χ2n) is 20.4. The Kier molecular flexibility index (Phi) is 45.8. The molecule has 4 rings (SSSR count). The summed E-state index contributed by atoms with van der Waals surface area (Å²) in [6.45, 7) is 8.60.